The lowest BCUT2D eigenvalue weighted by Gasteiger charge is -2.20. The topological polar surface area (TPSA) is 227 Å². The van der Waals surface area contributed by atoms with E-state index in [1.54, 1.807) is 0 Å². The Labute approximate surface area is 299 Å². The summed E-state index contributed by atoms with van der Waals surface area (Å²) in [6, 6.07) is 0. The third-order valence-electron chi connectivity index (χ3n) is 6.89. The van der Waals surface area contributed by atoms with Gasteiger partial charge in [0, 0.05) is 79.9 Å². The lowest BCUT2D eigenvalue weighted by atomic mass is 10.2. The molecule has 3 N–H and O–H groups in total. The molecule has 0 aliphatic carbocycles. The second-order valence-electron chi connectivity index (χ2n) is 11.7. The molecular formula is C33H56N6O12. The van der Waals surface area contributed by atoms with Crippen molar-refractivity contribution in [1.29, 1.82) is 0 Å². The van der Waals surface area contributed by atoms with Crippen LogP contribution in [0.15, 0.2) is 0 Å². The standard InChI is InChI=1S/C33H56N6O12/c1-25(40)34-19-9-6-13-23-38(50-28(4)43)32(47)17-16-31(46)36-21-11-8-14-24-39(51-29(5)44)33(48)18-15-30(45)35-20-10-7-12-22-37(26(2)41)49-27(3)42/h6-24H2,1-5H3,(H,34,40)(H,35,45)(H,36,46). The highest BCUT2D eigenvalue weighted by Crippen LogP contribution is 2.07. The zero-order chi connectivity index (χ0) is 38.6. The van der Waals surface area contributed by atoms with E-state index in [1.807, 2.05) is 0 Å². The molecule has 290 valence electrons. The highest BCUT2D eigenvalue weighted by molar-refractivity contribution is 5.84. The van der Waals surface area contributed by atoms with Crippen LogP contribution in [-0.2, 0) is 57.7 Å². The minimum atomic E-state index is -0.680. The Bertz CT molecular complexity index is 1170. The van der Waals surface area contributed by atoms with Gasteiger partial charge < -0.3 is 30.5 Å². The van der Waals surface area contributed by atoms with E-state index >= 15 is 0 Å². The number of hydrogen-bond donors (Lipinski definition) is 3. The van der Waals surface area contributed by atoms with Gasteiger partial charge in [-0.2, -0.15) is 15.2 Å². The number of amides is 6. The summed E-state index contributed by atoms with van der Waals surface area (Å²) in [5, 5.41) is 11.0. The van der Waals surface area contributed by atoms with Gasteiger partial charge in [-0.25, -0.2) is 0 Å². The molecule has 51 heavy (non-hydrogen) atoms. The van der Waals surface area contributed by atoms with Crippen LogP contribution in [0, 0.1) is 0 Å². The van der Waals surface area contributed by atoms with Crippen molar-refractivity contribution in [3.8, 4) is 0 Å². The average Bonchev–Trinajstić information content (AvgIpc) is 3.04. The van der Waals surface area contributed by atoms with Crippen molar-refractivity contribution in [3.05, 3.63) is 0 Å². The molecule has 0 spiro atoms. The third-order valence-corrected chi connectivity index (χ3v) is 6.89. The lowest BCUT2D eigenvalue weighted by Crippen LogP contribution is -2.35. The van der Waals surface area contributed by atoms with Crippen LogP contribution < -0.4 is 16.0 Å². The van der Waals surface area contributed by atoms with E-state index in [1.165, 1.54) is 27.7 Å². The predicted octanol–water partition coefficient (Wildman–Crippen LogP) is 1.37. The number of carbonyl (C=O) groups excluding carboxylic acids is 9. The second kappa shape index (κ2) is 28.0. The van der Waals surface area contributed by atoms with Gasteiger partial charge in [0.2, 0.25) is 17.7 Å². The maximum atomic E-state index is 12.6. The molecule has 0 heterocycles. The molecule has 0 radical (unpaired) electrons. The first-order chi connectivity index (χ1) is 24.1. The summed E-state index contributed by atoms with van der Waals surface area (Å²) >= 11 is 0. The van der Waals surface area contributed by atoms with Gasteiger partial charge in [-0.15, -0.1) is 0 Å². The van der Waals surface area contributed by atoms with Crippen molar-refractivity contribution in [3.63, 3.8) is 0 Å². The maximum Gasteiger partial charge on any atom is 0.329 e. The first-order valence-electron chi connectivity index (χ1n) is 17.3. The molecule has 0 aliphatic heterocycles. The summed E-state index contributed by atoms with van der Waals surface area (Å²) in [5.74, 6) is -4.14. The maximum absolute atomic E-state index is 12.6. The smallest absolute Gasteiger partial charge is 0.329 e. The zero-order valence-electron chi connectivity index (χ0n) is 30.7. The van der Waals surface area contributed by atoms with E-state index in [0.29, 0.717) is 77.4 Å². The van der Waals surface area contributed by atoms with Crippen molar-refractivity contribution in [2.24, 2.45) is 0 Å². The highest BCUT2D eigenvalue weighted by atomic mass is 16.7. The monoisotopic (exact) mass is 728 g/mol. The van der Waals surface area contributed by atoms with Gasteiger partial charge in [-0.05, 0) is 57.8 Å². The average molecular weight is 729 g/mol. The van der Waals surface area contributed by atoms with Crippen LogP contribution in [0.4, 0.5) is 0 Å². The summed E-state index contributed by atoms with van der Waals surface area (Å²) in [6.45, 7) is 7.97. The third kappa shape index (κ3) is 26.7. The summed E-state index contributed by atoms with van der Waals surface area (Å²) in [6.07, 6.45) is 4.87. The molecule has 0 aromatic rings. The summed E-state index contributed by atoms with van der Waals surface area (Å²) in [4.78, 5) is 121. The van der Waals surface area contributed by atoms with Crippen molar-refractivity contribution in [2.45, 2.75) is 118 Å². The van der Waals surface area contributed by atoms with Gasteiger partial charge >= 0.3 is 17.9 Å². The van der Waals surface area contributed by atoms with E-state index in [9.17, 15) is 43.2 Å². The Balaban J connectivity index is 4.33. The normalized spacial score (nSPS) is 10.3. The molecular weight excluding hydrogens is 672 g/mol. The van der Waals surface area contributed by atoms with Crippen molar-refractivity contribution in [1.82, 2.24) is 31.1 Å². The van der Waals surface area contributed by atoms with E-state index in [0.717, 1.165) is 22.1 Å². The fraction of sp³-hybridized carbons (Fsp3) is 0.727. The van der Waals surface area contributed by atoms with Crippen molar-refractivity contribution >= 4 is 53.4 Å². The largest absolute Gasteiger partial charge is 0.356 e. The van der Waals surface area contributed by atoms with Crippen molar-refractivity contribution < 1.29 is 57.7 Å². The SMILES string of the molecule is CC(=O)NCCCCCN(OC(C)=O)C(=O)CCC(=O)NCCCCCN(OC(C)=O)C(=O)CCC(=O)NCCCCCN(OC(C)=O)C(C)=O. The van der Waals surface area contributed by atoms with Gasteiger partial charge in [0.1, 0.15) is 0 Å². The van der Waals surface area contributed by atoms with E-state index < -0.39 is 29.7 Å². The Morgan fingerprint density at radius 2 is 0.745 bits per heavy atom. The molecule has 0 aromatic heterocycles. The molecule has 6 amide bonds. The molecule has 0 rings (SSSR count). The number of unbranched alkanes of at least 4 members (excludes halogenated alkanes) is 6. The quantitative estimate of drug-likeness (QED) is 0.0946. The lowest BCUT2D eigenvalue weighted by molar-refractivity contribution is -0.196. The first kappa shape index (κ1) is 46.2. The Morgan fingerprint density at radius 1 is 0.412 bits per heavy atom. The van der Waals surface area contributed by atoms with Crippen LogP contribution in [0.1, 0.15) is 118 Å². The second-order valence-corrected chi connectivity index (χ2v) is 11.7. The molecule has 0 aromatic carbocycles. The van der Waals surface area contributed by atoms with Gasteiger partial charge in [0.15, 0.2) is 0 Å². The van der Waals surface area contributed by atoms with E-state index in [2.05, 4.69) is 16.0 Å². The predicted molar refractivity (Wildman–Crippen MR) is 181 cm³/mol. The fourth-order valence-electron chi connectivity index (χ4n) is 4.43. The number of nitrogens with zero attached hydrogens (tertiary/aromatic N) is 3. The van der Waals surface area contributed by atoms with Gasteiger partial charge in [-0.1, -0.05) is 0 Å². The molecule has 0 aliphatic rings. The summed E-state index contributed by atoms with van der Waals surface area (Å²) < 4.78 is 0. The van der Waals surface area contributed by atoms with Crippen LogP contribution in [0.25, 0.3) is 0 Å². The van der Waals surface area contributed by atoms with E-state index in [4.69, 9.17) is 14.5 Å². The van der Waals surface area contributed by atoms with Crippen molar-refractivity contribution in [2.75, 3.05) is 39.3 Å². The van der Waals surface area contributed by atoms with Crippen LogP contribution in [0.2, 0.25) is 0 Å². The number of hydroxylamine groups is 6. The highest BCUT2D eigenvalue weighted by Gasteiger charge is 2.20. The Hall–Kier alpha value is -4.77. The minimum Gasteiger partial charge on any atom is -0.356 e. The van der Waals surface area contributed by atoms with Crippen LogP contribution in [0.3, 0.4) is 0 Å². The van der Waals surface area contributed by atoms with Crippen LogP contribution in [-0.4, -0.2) is 108 Å². The van der Waals surface area contributed by atoms with E-state index in [-0.39, 0.29) is 68.9 Å². The van der Waals surface area contributed by atoms with Gasteiger partial charge in [-0.3, -0.25) is 43.2 Å². The van der Waals surface area contributed by atoms with Gasteiger partial charge in [0.25, 0.3) is 17.7 Å². The fourth-order valence-corrected chi connectivity index (χ4v) is 4.43. The molecule has 0 fully saturated rings. The van der Waals surface area contributed by atoms with Crippen LogP contribution in [0.5, 0.6) is 0 Å². The molecule has 0 unspecified atom stereocenters. The molecule has 0 saturated heterocycles. The first-order valence-corrected chi connectivity index (χ1v) is 17.3. The molecule has 0 atom stereocenters. The molecule has 0 saturated carbocycles. The molecule has 18 heteroatoms. The molecule has 18 nitrogen and oxygen atoms in total. The zero-order valence-corrected chi connectivity index (χ0v) is 30.7. The number of rotatable bonds is 24. The molecule has 0 bridgehead atoms. The Kier molecular flexibility index (Phi) is 25.4. The minimum absolute atomic E-state index is 0.0983. The van der Waals surface area contributed by atoms with Gasteiger partial charge in [0.05, 0.1) is 19.6 Å². The Morgan fingerprint density at radius 3 is 1.08 bits per heavy atom. The summed E-state index contributed by atoms with van der Waals surface area (Å²) in [7, 11) is 0. The number of hydrogen-bond acceptors (Lipinski definition) is 12. The van der Waals surface area contributed by atoms with Crippen LogP contribution >= 0.6 is 0 Å². The number of carbonyl (C=O) groups is 9. The summed E-state index contributed by atoms with van der Waals surface area (Å²) in [5.41, 5.74) is 0. The number of nitrogens with one attached hydrogen (secondary N) is 3.